The van der Waals surface area contributed by atoms with Crippen molar-refractivity contribution >= 4 is 5.70 Å². The first-order valence-corrected chi connectivity index (χ1v) is 11.4. The Morgan fingerprint density at radius 2 is 1.79 bits per heavy atom. The minimum absolute atomic E-state index is 0.166. The van der Waals surface area contributed by atoms with Crippen LogP contribution in [0.2, 0.25) is 0 Å². The van der Waals surface area contributed by atoms with Gasteiger partial charge in [-0.05, 0) is 80.9 Å². The number of hydrogen-bond donors (Lipinski definition) is 0. The van der Waals surface area contributed by atoms with Gasteiger partial charge in [-0.25, -0.2) is 0 Å². The first-order chi connectivity index (χ1) is 13.5. The second kappa shape index (κ2) is 9.40. The summed E-state index contributed by atoms with van der Waals surface area (Å²) >= 11 is 0. The van der Waals surface area contributed by atoms with Gasteiger partial charge in [0.15, 0.2) is 0 Å². The van der Waals surface area contributed by atoms with Gasteiger partial charge in [0.25, 0.3) is 0 Å². The Morgan fingerprint density at radius 1 is 1.17 bits per heavy atom. The van der Waals surface area contributed by atoms with Crippen molar-refractivity contribution in [2.24, 2.45) is 11.3 Å². The van der Waals surface area contributed by atoms with E-state index in [1.165, 1.54) is 60.8 Å². The predicted octanol–water partition coefficient (Wildman–Crippen LogP) is 7.95. The lowest BCUT2D eigenvalue weighted by Gasteiger charge is -2.48. The van der Waals surface area contributed by atoms with E-state index < -0.39 is 0 Å². The van der Waals surface area contributed by atoms with Crippen LogP contribution in [-0.4, -0.2) is 17.5 Å². The normalized spacial score (nSPS) is 18.6. The van der Waals surface area contributed by atoms with Gasteiger partial charge in [0.1, 0.15) is 0 Å². The lowest BCUT2D eigenvalue weighted by atomic mass is 9.69. The molecule has 1 aliphatic rings. The lowest BCUT2D eigenvalue weighted by molar-refractivity contribution is 0.0884. The monoisotopic (exact) mass is 393 g/mol. The summed E-state index contributed by atoms with van der Waals surface area (Å²) in [5.41, 5.74) is 10.3. The lowest BCUT2D eigenvalue weighted by Crippen LogP contribution is -2.46. The molecule has 160 valence electrons. The molecule has 0 saturated heterocycles. The van der Waals surface area contributed by atoms with Crippen LogP contribution >= 0.6 is 0 Å². The summed E-state index contributed by atoms with van der Waals surface area (Å²) in [6.45, 7) is 22.4. The van der Waals surface area contributed by atoms with Crippen LogP contribution < -0.4 is 0 Å². The number of allylic oxidation sites excluding steroid dienone is 1. The van der Waals surface area contributed by atoms with E-state index in [1.54, 1.807) is 0 Å². The molecule has 1 atom stereocenters. The Hall–Kier alpha value is -1.72. The van der Waals surface area contributed by atoms with Gasteiger partial charge in [0.05, 0.1) is 5.70 Å². The molecule has 1 aromatic carbocycles. The maximum atomic E-state index is 4.39. The average molecular weight is 394 g/mol. The zero-order valence-corrected chi connectivity index (χ0v) is 20.1. The average Bonchev–Trinajstić information content (AvgIpc) is 2.67. The van der Waals surface area contributed by atoms with Crippen molar-refractivity contribution in [2.45, 2.75) is 92.0 Å². The summed E-state index contributed by atoms with van der Waals surface area (Å²) in [5.74, 6) is 0.574. The van der Waals surface area contributed by atoms with Crippen molar-refractivity contribution in [3.8, 4) is 0 Å². The van der Waals surface area contributed by atoms with E-state index in [2.05, 4.69) is 90.6 Å². The van der Waals surface area contributed by atoms with Crippen molar-refractivity contribution in [2.75, 3.05) is 7.05 Å². The van der Waals surface area contributed by atoms with Crippen molar-refractivity contribution in [3.63, 3.8) is 0 Å². The van der Waals surface area contributed by atoms with E-state index in [-0.39, 0.29) is 5.54 Å². The van der Waals surface area contributed by atoms with Crippen molar-refractivity contribution in [3.05, 3.63) is 59.4 Å². The molecular formula is C28H43N. The van der Waals surface area contributed by atoms with E-state index >= 15 is 0 Å². The van der Waals surface area contributed by atoms with Gasteiger partial charge in [-0.3, -0.25) is 0 Å². The van der Waals surface area contributed by atoms with E-state index in [4.69, 9.17) is 0 Å². The Balaban J connectivity index is 2.26. The third-order valence-corrected chi connectivity index (χ3v) is 7.45. The fourth-order valence-electron chi connectivity index (χ4n) is 4.55. The summed E-state index contributed by atoms with van der Waals surface area (Å²) in [6.07, 6.45) is 8.35. The molecule has 0 amide bonds. The second-order valence-electron chi connectivity index (χ2n) is 10.4. The van der Waals surface area contributed by atoms with Crippen LogP contribution in [-0.2, 0) is 6.42 Å². The number of benzene rings is 1. The van der Waals surface area contributed by atoms with Gasteiger partial charge >= 0.3 is 0 Å². The summed E-state index contributed by atoms with van der Waals surface area (Å²) < 4.78 is 0. The van der Waals surface area contributed by atoms with E-state index in [0.717, 1.165) is 12.1 Å². The first-order valence-electron chi connectivity index (χ1n) is 11.4. The van der Waals surface area contributed by atoms with Crippen molar-refractivity contribution < 1.29 is 0 Å². The smallest absolute Gasteiger partial charge is 0.0869 e. The highest BCUT2D eigenvalue weighted by Crippen LogP contribution is 2.44. The minimum Gasteiger partial charge on any atom is -0.362 e. The van der Waals surface area contributed by atoms with Crippen LogP contribution in [0.15, 0.2) is 42.7 Å². The highest BCUT2D eigenvalue weighted by atomic mass is 15.2. The summed E-state index contributed by atoms with van der Waals surface area (Å²) in [6, 6.07) is 6.83. The van der Waals surface area contributed by atoms with Crippen LogP contribution in [0.3, 0.4) is 0 Å². The van der Waals surface area contributed by atoms with Gasteiger partial charge < -0.3 is 4.90 Å². The largest absolute Gasteiger partial charge is 0.362 e. The molecule has 0 radical (unpaired) electrons. The second-order valence-corrected chi connectivity index (χ2v) is 10.4. The van der Waals surface area contributed by atoms with E-state index in [0.29, 0.717) is 11.3 Å². The SMILES string of the molecule is C=C=C(c1ccc(C)c(CC(=C)C(C)CCC)c1)N(C)C1(C)CCC(C)(C)CC1. The van der Waals surface area contributed by atoms with Crippen LogP contribution in [0.4, 0.5) is 0 Å². The first kappa shape index (κ1) is 23.6. The molecule has 1 aliphatic carbocycles. The molecule has 1 nitrogen and oxygen atoms in total. The molecule has 0 heterocycles. The van der Waals surface area contributed by atoms with Gasteiger partial charge in [0.2, 0.25) is 0 Å². The highest BCUT2D eigenvalue weighted by Gasteiger charge is 2.38. The van der Waals surface area contributed by atoms with Gasteiger partial charge in [-0.1, -0.05) is 65.0 Å². The van der Waals surface area contributed by atoms with Crippen LogP contribution in [0.5, 0.6) is 0 Å². The third kappa shape index (κ3) is 5.67. The number of rotatable bonds is 8. The Labute approximate surface area is 180 Å². The fourth-order valence-corrected chi connectivity index (χ4v) is 4.55. The molecule has 1 fully saturated rings. The molecule has 1 unspecified atom stereocenters. The predicted molar refractivity (Wildman–Crippen MR) is 129 cm³/mol. The maximum absolute atomic E-state index is 4.39. The number of nitrogens with zero attached hydrogens (tertiary/aromatic N) is 1. The summed E-state index contributed by atoms with van der Waals surface area (Å²) in [5, 5.41) is 0. The van der Waals surface area contributed by atoms with Crippen LogP contribution in [0, 0.1) is 18.3 Å². The molecular weight excluding hydrogens is 350 g/mol. The minimum atomic E-state index is 0.166. The fraction of sp³-hybridized carbons (Fsp3) is 0.607. The van der Waals surface area contributed by atoms with Gasteiger partial charge in [-0.2, -0.15) is 0 Å². The molecule has 29 heavy (non-hydrogen) atoms. The zero-order chi connectivity index (χ0) is 21.8. The standard InChI is InChI=1S/C28H43N/c1-10-12-21(3)23(5)19-25-20-24(14-13-22(25)4)26(11-2)29(9)28(8)17-15-27(6,7)16-18-28/h13-14,20-21H,2,5,10,12,15-19H2,1,3-4,6-9H3. The quantitative estimate of drug-likeness (QED) is 0.320. The number of aryl methyl sites for hydroxylation is 1. The molecule has 0 aliphatic heterocycles. The molecule has 0 bridgehead atoms. The van der Waals surface area contributed by atoms with Gasteiger partial charge in [-0.15, -0.1) is 5.73 Å². The van der Waals surface area contributed by atoms with Crippen molar-refractivity contribution in [1.82, 2.24) is 4.90 Å². The topological polar surface area (TPSA) is 3.24 Å². The molecule has 0 aromatic heterocycles. The van der Waals surface area contributed by atoms with Crippen molar-refractivity contribution in [1.29, 1.82) is 0 Å². The van der Waals surface area contributed by atoms with E-state index in [9.17, 15) is 0 Å². The molecule has 2 rings (SSSR count). The molecule has 1 saturated carbocycles. The Morgan fingerprint density at radius 3 is 2.34 bits per heavy atom. The summed E-state index contributed by atoms with van der Waals surface area (Å²) in [4.78, 5) is 2.44. The Bertz CT molecular complexity index is 766. The molecule has 0 N–H and O–H groups in total. The van der Waals surface area contributed by atoms with E-state index in [1.807, 2.05) is 0 Å². The molecule has 0 spiro atoms. The maximum Gasteiger partial charge on any atom is 0.0869 e. The Kier molecular flexibility index (Phi) is 7.63. The molecule has 1 aromatic rings. The number of hydrogen-bond acceptors (Lipinski definition) is 1. The van der Waals surface area contributed by atoms with Gasteiger partial charge in [0, 0.05) is 18.2 Å². The highest BCUT2D eigenvalue weighted by molar-refractivity contribution is 5.65. The van der Waals surface area contributed by atoms with Crippen LogP contribution in [0.25, 0.3) is 5.70 Å². The van der Waals surface area contributed by atoms with Crippen LogP contribution in [0.1, 0.15) is 89.8 Å². The third-order valence-electron chi connectivity index (χ3n) is 7.45. The zero-order valence-electron chi connectivity index (χ0n) is 20.1. The molecule has 1 heteroatoms. The summed E-state index contributed by atoms with van der Waals surface area (Å²) in [7, 11) is 2.23.